The molecule has 1 aliphatic heterocycles. The van der Waals surface area contributed by atoms with Crippen LogP contribution in [0.4, 0.5) is 0 Å². The fourth-order valence-corrected chi connectivity index (χ4v) is 2.65. The van der Waals surface area contributed by atoms with Crippen LogP contribution < -0.4 is 5.73 Å². The SMILES string of the molecule is CCCC1CCN(CC(=O)N(C)CCC(N)=S)CC1. The van der Waals surface area contributed by atoms with E-state index >= 15 is 0 Å². The highest BCUT2D eigenvalue weighted by Gasteiger charge is 2.21. The van der Waals surface area contributed by atoms with Gasteiger partial charge in [0.2, 0.25) is 5.91 Å². The summed E-state index contributed by atoms with van der Waals surface area (Å²) >= 11 is 4.83. The van der Waals surface area contributed by atoms with Crippen molar-refractivity contribution in [1.29, 1.82) is 0 Å². The van der Waals surface area contributed by atoms with Gasteiger partial charge in [-0.1, -0.05) is 32.0 Å². The van der Waals surface area contributed by atoms with Crippen LogP contribution in [0.1, 0.15) is 39.0 Å². The van der Waals surface area contributed by atoms with Crippen LogP contribution in [0.5, 0.6) is 0 Å². The molecule has 110 valence electrons. The highest BCUT2D eigenvalue weighted by molar-refractivity contribution is 7.80. The van der Waals surface area contributed by atoms with Crippen LogP contribution in [-0.2, 0) is 4.79 Å². The van der Waals surface area contributed by atoms with Crippen LogP contribution in [0, 0.1) is 5.92 Å². The molecule has 4 nitrogen and oxygen atoms in total. The number of thiocarbonyl (C=S) groups is 1. The third-order valence-electron chi connectivity index (χ3n) is 3.88. The van der Waals surface area contributed by atoms with E-state index in [0.29, 0.717) is 24.5 Å². The van der Waals surface area contributed by atoms with Crippen molar-refractivity contribution in [3.05, 3.63) is 0 Å². The van der Waals surface area contributed by atoms with Crippen LogP contribution in [0.2, 0.25) is 0 Å². The Kier molecular flexibility index (Phi) is 7.31. The lowest BCUT2D eigenvalue weighted by Crippen LogP contribution is -2.42. The highest BCUT2D eigenvalue weighted by atomic mass is 32.1. The van der Waals surface area contributed by atoms with Gasteiger partial charge in [0.15, 0.2) is 0 Å². The minimum absolute atomic E-state index is 0.171. The first-order chi connectivity index (χ1) is 9.02. The third kappa shape index (κ3) is 6.34. The number of piperidine rings is 1. The van der Waals surface area contributed by atoms with Gasteiger partial charge in [0, 0.05) is 20.0 Å². The van der Waals surface area contributed by atoms with Gasteiger partial charge in [0.25, 0.3) is 0 Å². The number of nitrogens with two attached hydrogens (primary N) is 1. The van der Waals surface area contributed by atoms with Crippen LogP contribution >= 0.6 is 12.2 Å². The van der Waals surface area contributed by atoms with Crippen LogP contribution in [0.15, 0.2) is 0 Å². The Hall–Kier alpha value is -0.680. The molecule has 0 aliphatic carbocycles. The molecular formula is C14H27N3OS. The van der Waals surface area contributed by atoms with Crippen molar-refractivity contribution >= 4 is 23.1 Å². The lowest BCUT2D eigenvalue weighted by Gasteiger charge is -2.32. The zero-order valence-corrected chi connectivity index (χ0v) is 13.0. The molecule has 0 unspecified atom stereocenters. The van der Waals surface area contributed by atoms with E-state index in [-0.39, 0.29) is 5.91 Å². The topological polar surface area (TPSA) is 49.6 Å². The molecule has 1 fully saturated rings. The van der Waals surface area contributed by atoms with E-state index in [1.807, 2.05) is 7.05 Å². The van der Waals surface area contributed by atoms with Crippen molar-refractivity contribution in [3.8, 4) is 0 Å². The number of carbonyl (C=O) groups excluding carboxylic acids is 1. The number of likely N-dealkylation sites (N-methyl/N-ethyl adjacent to an activating group) is 1. The number of hydrogen-bond donors (Lipinski definition) is 1. The first kappa shape index (κ1) is 16.4. The predicted molar refractivity (Wildman–Crippen MR) is 83.1 cm³/mol. The third-order valence-corrected chi connectivity index (χ3v) is 4.09. The fourth-order valence-electron chi connectivity index (χ4n) is 2.56. The second kappa shape index (κ2) is 8.48. The summed E-state index contributed by atoms with van der Waals surface area (Å²) < 4.78 is 0. The minimum atomic E-state index is 0.171. The molecule has 1 saturated heterocycles. The van der Waals surface area contributed by atoms with Crippen molar-refractivity contribution in [3.63, 3.8) is 0 Å². The van der Waals surface area contributed by atoms with E-state index in [1.54, 1.807) is 4.90 Å². The van der Waals surface area contributed by atoms with E-state index < -0.39 is 0 Å². The smallest absolute Gasteiger partial charge is 0.236 e. The van der Waals surface area contributed by atoms with E-state index in [2.05, 4.69) is 11.8 Å². The molecule has 0 saturated carbocycles. The molecule has 5 heteroatoms. The first-order valence-corrected chi connectivity index (χ1v) is 7.68. The predicted octanol–water partition coefficient (Wildman–Crippen LogP) is 1.63. The molecule has 0 aromatic carbocycles. The largest absolute Gasteiger partial charge is 0.393 e. The molecule has 1 amide bonds. The number of rotatable bonds is 7. The second-order valence-electron chi connectivity index (χ2n) is 5.54. The number of likely N-dealkylation sites (tertiary alicyclic amines) is 1. The summed E-state index contributed by atoms with van der Waals surface area (Å²) in [5, 5.41) is 0. The Bertz CT molecular complexity index is 301. The molecule has 1 aliphatic rings. The second-order valence-corrected chi connectivity index (χ2v) is 6.06. The maximum atomic E-state index is 12.0. The monoisotopic (exact) mass is 285 g/mol. The standard InChI is InChI=1S/C14H27N3OS/c1-3-4-12-5-9-17(10-6-12)11-14(18)16(2)8-7-13(15)19/h12H,3-11H2,1-2H3,(H2,15,19). The molecule has 0 bridgehead atoms. The van der Waals surface area contributed by atoms with Crippen molar-refractivity contribution in [2.75, 3.05) is 33.2 Å². The van der Waals surface area contributed by atoms with Gasteiger partial charge in [0.1, 0.15) is 0 Å². The maximum absolute atomic E-state index is 12.0. The average molecular weight is 285 g/mol. The molecule has 19 heavy (non-hydrogen) atoms. The molecule has 0 atom stereocenters. The van der Waals surface area contributed by atoms with Crippen molar-refractivity contribution < 1.29 is 4.79 Å². The van der Waals surface area contributed by atoms with Crippen LogP contribution in [0.25, 0.3) is 0 Å². The summed E-state index contributed by atoms with van der Waals surface area (Å²) in [6.07, 6.45) is 5.67. The van der Waals surface area contributed by atoms with Gasteiger partial charge in [0.05, 0.1) is 11.5 Å². The Balaban J connectivity index is 2.24. The molecule has 2 N–H and O–H groups in total. The summed E-state index contributed by atoms with van der Waals surface area (Å²) in [5.74, 6) is 1.04. The summed E-state index contributed by atoms with van der Waals surface area (Å²) in [6, 6.07) is 0. The van der Waals surface area contributed by atoms with Crippen LogP contribution in [0.3, 0.4) is 0 Å². The van der Waals surface area contributed by atoms with Gasteiger partial charge in [-0.15, -0.1) is 0 Å². The fraction of sp³-hybridized carbons (Fsp3) is 0.857. The van der Waals surface area contributed by atoms with E-state index in [1.165, 1.54) is 25.7 Å². The van der Waals surface area contributed by atoms with Gasteiger partial charge in [-0.05, 0) is 31.8 Å². The Morgan fingerprint density at radius 1 is 1.42 bits per heavy atom. The summed E-state index contributed by atoms with van der Waals surface area (Å²) in [5.41, 5.74) is 5.45. The van der Waals surface area contributed by atoms with E-state index in [4.69, 9.17) is 18.0 Å². The van der Waals surface area contributed by atoms with Crippen molar-refractivity contribution in [2.45, 2.75) is 39.0 Å². The molecule has 0 aromatic heterocycles. The summed E-state index contributed by atoms with van der Waals surface area (Å²) in [4.78, 5) is 16.5. The van der Waals surface area contributed by atoms with Gasteiger partial charge < -0.3 is 10.6 Å². The number of carbonyl (C=O) groups is 1. The number of nitrogens with zero attached hydrogens (tertiary/aromatic N) is 2. The van der Waals surface area contributed by atoms with E-state index in [9.17, 15) is 4.79 Å². The van der Waals surface area contributed by atoms with Gasteiger partial charge >= 0.3 is 0 Å². The quantitative estimate of drug-likeness (QED) is 0.722. The number of hydrogen-bond acceptors (Lipinski definition) is 3. The molecule has 0 aromatic rings. The molecule has 1 rings (SSSR count). The molecule has 0 spiro atoms. The van der Waals surface area contributed by atoms with Gasteiger partial charge in [-0.2, -0.15) is 0 Å². The van der Waals surface area contributed by atoms with Crippen molar-refractivity contribution in [2.24, 2.45) is 11.7 Å². The first-order valence-electron chi connectivity index (χ1n) is 7.27. The van der Waals surface area contributed by atoms with E-state index in [0.717, 1.165) is 19.0 Å². The summed E-state index contributed by atoms with van der Waals surface area (Å²) in [6.45, 7) is 5.51. The molecular weight excluding hydrogens is 258 g/mol. The lowest BCUT2D eigenvalue weighted by molar-refractivity contribution is -0.131. The zero-order valence-electron chi connectivity index (χ0n) is 12.2. The lowest BCUT2D eigenvalue weighted by atomic mass is 9.92. The van der Waals surface area contributed by atoms with Gasteiger partial charge in [-0.3, -0.25) is 9.69 Å². The Labute approximate surface area is 122 Å². The molecule has 0 radical (unpaired) electrons. The number of amides is 1. The normalized spacial score (nSPS) is 17.4. The van der Waals surface area contributed by atoms with Crippen LogP contribution in [-0.4, -0.2) is 53.9 Å². The summed E-state index contributed by atoms with van der Waals surface area (Å²) in [7, 11) is 1.82. The average Bonchev–Trinajstić information content (AvgIpc) is 2.38. The minimum Gasteiger partial charge on any atom is -0.393 e. The van der Waals surface area contributed by atoms with Crippen molar-refractivity contribution in [1.82, 2.24) is 9.80 Å². The Morgan fingerprint density at radius 3 is 2.58 bits per heavy atom. The van der Waals surface area contributed by atoms with Gasteiger partial charge in [-0.25, -0.2) is 0 Å². The molecule has 1 heterocycles. The highest BCUT2D eigenvalue weighted by Crippen LogP contribution is 2.21. The zero-order chi connectivity index (χ0) is 14.3. The maximum Gasteiger partial charge on any atom is 0.236 e. The Morgan fingerprint density at radius 2 is 2.05 bits per heavy atom.